The van der Waals surface area contributed by atoms with Gasteiger partial charge in [0, 0.05) is 111 Å². The predicted octanol–water partition coefficient (Wildman–Crippen LogP) is 7.59. The Labute approximate surface area is 642 Å². The van der Waals surface area contributed by atoms with Crippen LogP contribution in [0.4, 0.5) is 5.69 Å². The van der Waals surface area contributed by atoms with E-state index < -0.39 is 129 Å². The number of carbonyl (C=O) groups excluding carboxylic acids is 8. The first-order chi connectivity index (χ1) is 51.7. The molecule has 10 N–H and O–H groups in total. The Morgan fingerprint density at radius 3 is 1.66 bits per heavy atom. The van der Waals surface area contributed by atoms with Crippen LogP contribution < -0.4 is 26.2 Å². The molecule has 4 rings (SSSR count). The van der Waals surface area contributed by atoms with Crippen LogP contribution >= 0.6 is 30.2 Å². The van der Waals surface area contributed by atoms with E-state index >= 15 is 0 Å². The zero-order chi connectivity index (χ0) is 79.1. The minimum atomic E-state index is -4.54. The summed E-state index contributed by atoms with van der Waals surface area (Å²) in [4.78, 5) is 175. The monoisotopic (exact) mass is 1640 g/mol. The molecule has 0 bridgehead atoms. The molecule has 0 aliphatic carbocycles. The number of nitrogens with one attached hydrogen (secondary N) is 4. The number of unbranched alkanes of at least 4 members (excludes halogenated alkanes) is 3. The van der Waals surface area contributed by atoms with E-state index in [1.807, 2.05) is 72.8 Å². The number of hydrogen-bond donors (Lipinski definition) is 10. The van der Waals surface area contributed by atoms with E-state index in [1.165, 1.54) is 0 Å². The number of fused-ring (bicyclic) bond motifs is 2. The number of benzene rings is 3. The van der Waals surface area contributed by atoms with Gasteiger partial charge in [0.25, 0.3) is 0 Å². The lowest BCUT2D eigenvalue weighted by Gasteiger charge is -2.26. The molecule has 30 nitrogen and oxygen atoms in total. The fourth-order valence-corrected chi connectivity index (χ4v) is 13.1. The van der Waals surface area contributed by atoms with Crippen molar-refractivity contribution in [3.05, 3.63) is 98.6 Å². The summed E-state index contributed by atoms with van der Waals surface area (Å²) < 4.78 is 40.8. The summed E-state index contributed by atoms with van der Waals surface area (Å²) in [7, 11) is -4.54. The highest BCUT2D eigenvalue weighted by Gasteiger charge is 2.32. The first-order valence-electron chi connectivity index (χ1n) is 36.5. The first-order valence-corrected chi connectivity index (χ1v) is 39.4. The fraction of sp³-hybridized carbons (Fsp3) is 0.566. The minimum absolute atomic E-state index is 0.0112. The fourth-order valence-electron chi connectivity index (χ4n) is 11.4. The quantitative estimate of drug-likeness (QED) is 0.0112. The number of hydrogen-bond acceptors (Lipinski definition) is 19. The number of nitrogens with zero attached hydrogens (tertiary/aromatic N) is 1. The van der Waals surface area contributed by atoms with Crippen molar-refractivity contribution in [2.45, 2.75) is 179 Å². The van der Waals surface area contributed by atoms with Crippen LogP contribution in [0.15, 0.2) is 72.8 Å². The van der Waals surface area contributed by atoms with E-state index in [0.717, 1.165) is 32.2 Å². The Balaban J connectivity index is 1.12. The predicted molar refractivity (Wildman–Crippen MR) is 401 cm³/mol. The van der Waals surface area contributed by atoms with E-state index in [4.69, 9.17) is 28.6 Å². The lowest BCUT2D eigenvalue weighted by atomic mass is 9.94. The molecule has 5 amide bonds. The lowest BCUT2D eigenvalue weighted by Crippen LogP contribution is -2.44. The SMILES string of the molecule is O=C(O)CCC(CP(=O)(O)OCCC[C@H](NC(=O)CC[C@H](CC(=O)CCCCCNC(=O)CCC(CC(=O)CCOCCOCCOCCOCCCC(=O)CCC(=O)N1Cc2ccccc2C#Cc2ccccc21)C(=O)N[C@@H](CCCCNC(=O)CCCc1ccc(I)cc1)C(=O)O)C(=O)O)C(=O)O)C(=O)O. The molecule has 3 aromatic carbocycles. The summed E-state index contributed by atoms with van der Waals surface area (Å²) in [5.41, 5.74) is 4.37. The number of para-hydroxylation sites is 1. The Hall–Kier alpha value is -8.35. The number of carboxylic acids is 5. The Bertz CT molecular complexity index is 3550. The molecule has 0 saturated carbocycles. The highest BCUT2D eigenvalue weighted by Crippen LogP contribution is 2.45. The van der Waals surface area contributed by atoms with Crippen LogP contribution in [-0.4, -0.2) is 198 Å². The van der Waals surface area contributed by atoms with Crippen LogP contribution in [0.25, 0.3) is 0 Å². The molecule has 0 saturated heterocycles. The molecule has 108 heavy (non-hydrogen) atoms. The highest BCUT2D eigenvalue weighted by atomic mass is 127. The molecule has 0 aromatic heterocycles. The van der Waals surface area contributed by atoms with E-state index in [2.05, 4.69) is 55.7 Å². The van der Waals surface area contributed by atoms with E-state index in [1.54, 1.807) is 4.90 Å². The minimum Gasteiger partial charge on any atom is -0.481 e. The zero-order valence-corrected chi connectivity index (χ0v) is 63.9. The molecule has 1 aliphatic heterocycles. The number of halogens is 1. The van der Waals surface area contributed by atoms with Crippen molar-refractivity contribution < 1.29 is 121 Å². The summed E-state index contributed by atoms with van der Waals surface area (Å²) in [5.74, 6) is -7.60. The van der Waals surface area contributed by atoms with Gasteiger partial charge < -0.3 is 80.1 Å². The third-order valence-electron chi connectivity index (χ3n) is 17.4. The topological polar surface area (TPSA) is 458 Å². The van der Waals surface area contributed by atoms with Gasteiger partial charge in [-0.05, 0) is 148 Å². The first kappa shape index (κ1) is 92.0. The van der Waals surface area contributed by atoms with Gasteiger partial charge in [-0.15, -0.1) is 0 Å². The van der Waals surface area contributed by atoms with Gasteiger partial charge in [0.1, 0.15) is 29.4 Å². The van der Waals surface area contributed by atoms with E-state index in [9.17, 15) is 92.2 Å². The maximum atomic E-state index is 13.8. The molecule has 1 heterocycles. The number of aliphatic carboxylic acids is 5. The normalized spacial score (nSPS) is 13.5. The second-order valence-corrected chi connectivity index (χ2v) is 29.3. The number of amides is 5. The Kier molecular flexibility index (Phi) is 44.9. The second-order valence-electron chi connectivity index (χ2n) is 26.1. The van der Waals surface area contributed by atoms with Gasteiger partial charge in [-0.1, -0.05) is 60.7 Å². The number of anilines is 1. The number of ketones is 3. The van der Waals surface area contributed by atoms with Gasteiger partial charge in [-0.3, -0.25) is 57.3 Å². The number of carbonyl (C=O) groups is 13. The maximum Gasteiger partial charge on any atom is 0.328 e. The number of ether oxygens (including phenoxy) is 4. The molecule has 1 aliphatic rings. The standard InChI is InChI=1S/C76H103IN5O25P/c77-60-30-23-53(24-31-60)13-10-22-67(86)78-39-9-7-19-65(76(99)100)81-72(92)56(27-33-68(87)79-38-8-1-2-17-62(84)50-57(73(93)94)28-34-69(88)80-64(75(97)98)20-12-41-107-108(101,102)52-59(74(95)96)29-36-71(90)91)49-63(85)37-42-104-44-46-106-48-47-105-45-43-103-40-11-18-61(83)32-35-70(89)82-51-58-16-4-3-14-54(58)25-26-55-15-5-6-21-66(55)82/h3-6,14-16,21,23-24,30-31,56-57,59,64-65H,1-2,7-13,17-20,22,27-29,32-52H2,(H,78,86)(H,79,87)(H,80,88)(H,81,92)(H,90,91)(H,93,94)(H,95,96)(H,97,98)(H,99,100)(H,101,102)/t56?,57-,59?,64+,65+/m1/s1. The van der Waals surface area contributed by atoms with E-state index in [-0.39, 0.29) is 140 Å². The van der Waals surface area contributed by atoms with Gasteiger partial charge in [0.05, 0.1) is 83.1 Å². The average molecular weight is 1640 g/mol. The van der Waals surface area contributed by atoms with Crippen molar-refractivity contribution >= 4 is 113 Å². The number of rotatable bonds is 61. The molecular formula is C76H103IN5O25P. The van der Waals surface area contributed by atoms with Crippen molar-refractivity contribution in [1.29, 1.82) is 0 Å². The molecule has 3 aromatic rings. The largest absolute Gasteiger partial charge is 0.481 e. The maximum absolute atomic E-state index is 13.8. The van der Waals surface area contributed by atoms with Crippen molar-refractivity contribution in [2.24, 2.45) is 17.8 Å². The van der Waals surface area contributed by atoms with Crippen LogP contribution in [0.2, 0.25) is 0 Å². The number of aryl methyl sites for hydroxylation is 1. The molecule has 32 heteroatoms. The van der Waals surface area contributed by atoms with Crippen molar-refractivity contribution in [3.63, 3.8) is 0 Å². The van der Waals surface area contributed by atoms with Crippen LogP contribution in [0, 0.1) is 33.2 Å². The average Bonchev–Trinajstić information content (AvgIpc) is 0.804. The summed E-state index contributed by atoms with van der Waals surface area (Å²) in [6, 6.07) is 20.4. The Morgan fingerprint density at radius 1 is 0.463 bits per heavy atom. The summed E-state index contributed by atoms with van der Waals surface area (Å²) in [6.07, 6.45) is 0.261. The molecular weight excluding hydrogens is 1540 g/mol. The third-order valence-corrected chi connectivity index (χ3v) is 19.7. The second kappa shape index (κ2) is 52.7. The number of carboxylic acid groups (broad SMARTS) is 5. The van der Waals surface area contributed by atoms with Crippen LogP contribution in [-0.2, 0) is 103 Å². The number of Topliss-reactive ketones (excluding diaryl/α,β-unsaturated/α-hetero) is 3. The molecule has 0 fully saturated rings. The van der Waals surface area contributed by atoms with Crippen molar-refractivity contribution in [3.8, 4) is 11.8 Å². The molecule has 0 spiro atoms. The van der Waals surface area contributed by atoms with Crippen LogP contribution in [0.5, 0.6) is 0 Å². The zero-order valence-electron chi connectivity index (χ0n) is 60.9. The van der Waals surface area contributed by atoms with Crippen LogP contribution in [0.3, 0.4) is 0 Å². The van der Waals surface area contributed by atoms with Crippen molar-refractivity contribution in [1.82, 2.24) is 21.3 Å². The highest BCUT2D eigenvalue weighted by molar-refractivity contribution is 14.1. The summed E-state index contributed by atoms with van der Waals surface area (Å²) >= 11 is 2.22. The molecule has 6 atom stereocenters. The molecule has 3 unspecified atom stereocenters. The van der Waals surface area contributed by atoms with Crippen molar-refractivity contribution in [2.75, 3.05) is 83.6 Å². The smallest absolute Gasteiger partial charge is 0.328 e. The van der Waals surface area contributed by atoms with Gasteiger partial charge in [0.15, 0.2) is 0 Å². The summed E-state index contributed by atoms with van der Waals surface area (Å²) in [5, 5.41) is 58.0. The molecule has 0 radical (unpaired) electrons. The van der Waals surface area contributed by atoms with Gasteiger partial charge in [0.2, 0.25) is 29.5 Å². The lowest BCUT2D eigenvalue weighted by molar-refractivity contribution is -0.145. The van der Waals surface area contributed by atoms with Gasteiger partial charge in [-0.2, -0.15) is 0 Å². The Morgan fingerprint density at radius 2 is 1.00 bits per heavy atom. The summed E-state index contributed by atoms with van der Waals surface area (Å²) in [6.45, 7) is 2.06. The molecule has 594 valence electrons. The third kappa shape index (κ3) is 40.2. The van der Waals surface area contributed by atoms with E-state index in [0.29, 0.717) is 90.0 Å². The van der Waals surface area contributed by atoms with Gasteiger partial charge >= 0.3 is 37.4 Å². The van der Waals surface area contributed by atoms with Gasteiger partial charge in [-0.25, -0.2) is 9.59 Å². The van der Waals surface area contributed by atoms with Crippen LogP contribution in [0.1, 0.15) is 176 Å².